The number of benzene rings is 1. The van der Waals surface area contributed by atoms with E-state index in [1.54, 1.807) is 29.9 Å². The van der Waals surface area contributed by atoms with Crippen molar-refractivity contribution < 1.29 is 5.11 Å². The van der Waals surface area contributed by atoms with Crippen LogP contribution in [0.3, 0.4) is 0 Å². The van der Waals surface area contributed by atoms with E-state index in [1.807, 2.05) is 19.1 Å². The highest BCUT2D eigenvalue weighted by molar-refractivity contribution is 6.38. The molecule has 162 valence electrons. The first-order valence-electron chi connectivity index (χ1n) is 9.80. The number of aliphatic hydroxyl groups excluding tert-OH is 1. The third kappa shape index (κ3) is 3.26. The molecule has 9 nitrogen and oxygen atoms in total. The summed E-state index contributed by atoms with van der Waals surface area (Å²) in [5.74, 6) is 0.464. The van der Waals surface area contributed by atoms with Gasteiger partial charge < -0.3 is 20.7 Å². The lowest BCUT2D eigenvalue weighted by Gasteiger charge is -2.20. The van der Waals surface area contributed by atoms with Crippen LogP contribution in [0.25, 0.3) is 33.1 Å². The molecule has 4 N–H and O–H groups in total. The number of anilines is 1. The summed E-state index contributed by atoms with van der Waals surface area (Å²) in [5.41, 5.74) is 9.05. The SMILES string of the molecule is C=C(N)CN(C)c1nc2[nH]cc(-c3ccc4nn(CC)c(CO)c4c3Cl)c2c(=O)n1C. The topological polar surface area (TPSA) is 118 Å². The molecule has 0 unspecified atom stereocenters. The van der Waals surface area contributed by atoms with E-state index in [4.69, 9.17) is 17.3 Å². The second-order valence-corrected chi connectivity index (χ2v) is 7.84. The maximum absolute atomic E-state index is 13.3. The first-order chi connectivity index (χ1) is 14.8. The zero-order valence-electron chi connectivity index (χ0n) is 17.6. The minimum Gasteiger partial charge on any atom is -0.401 e. The van der Waals surface area contributed by atoms with Gasteiger partial charge in [0.2, 0.25) is 5.95 Å². The molecule has 3 aromatic heterocycles. The van der Waals surface area contributed by atoms with Crippen LogP contribution in [0.5, 0.6) is 0 Å². The Balaban J connectivity index is 1.95. The van der Waals surface area contributed by atoms with Crippen molar-refractivity contribution in [2.75, 3.05) is 18.5 Å². The maximum Gasteiger partial charge on any atom is 0.264 e. The monoisotopic (exact) mass is 441 g/mol. The second kappa shape index (κ2) is 7.75. The average molecular weight is 442 g/mol. The van der Waals surface area contributed by atoms with Crippen LogP contribution in [-0.4, -0.2) is 43.0 Å². The summed E-state index contributed by atoms with van der Waals surface area (Å²) in [7, 11) is 3.46. The van der Waals surface area contributed by atoms with E-state index in [-0.39, 0.29) is 12.2 Å². The number of aryl methyl sites for hydroxylation is 1. The van der Waals surface area contributed by atoms with Crippen LogP contribution in [0.2, 0.25) is 5.02 Å². The number of aromatic amines is 1. The van der Waals surface area contributed by atoms with E-state index in [2.05, 4.69) is 21.6 Å². The number of nitrogens with zero attached hydrogens (tertiary/aromatic N) is 5. The van der Waals surface area contributed by atoms with Gasteiger partial charge in [0.05, 0.1) is 34.8 Å². The van der Waals surface area contributed by atoms with Crippen molar-refractivity contribution in [1.82, 2.24) is 24.3 Å². The minimum absolute atomic E-state index is 0.188. The fourth-order valence-electron chi connectivity index (χ4n) is 3.95. The molecule has 0 amide bonds. The molecule has 10 heteroatoms. The first kappa shape index (κ1) is 21.0. The van der Waals surface area contributed by atoms with Crippen LogP contribution in [0.4, 0.5) is 5.95 Å². The van der Waals surface area contributed by atoms with Crippen LogP contribution in [0, 0.1) is 0 Å². The summed E-state index contributed by atoms with van der Waals surface area (Å²) in [6.07, 6.45) is 1.72. The molecule has 3 heterocycles. The normalized spacial score (nSPS) is 11.5. The molecule has 0 aliphatic heterocycles. The van der Waals surface area contributed by atoms with Gasteiger partial charge in [-0.05, 0) is 13.0 Å². The van der Waals surface area contributed by atoms with E-state index in [0.29, 0.717) is 68.5 Å². The van der Waals surface area contributed by atoms with Gasteiger partial charge in [0.15, 0.2) is 0 Å². The van der Waals surface area contributed by atoms with Gasteiger partial charge in [-0.3, -0.25) is 14.0 Å². The van der Waals surface area contributed by atoms with Crippen LogP contribution < -0.4 is 16.2 Å². The standard InChI is InChI=1S/C21H24ClN7O2/c1-5-29-15(10-30)17-14(26-29)7-6-12(18(17)22)13-8-24-19-16(13)20(31)28(4)21(25-19)27(3)9-11(2)23/h6-8,24,30H,2,5,9-10,23H2,1,3-4H3. The Bertz CT molecular complexity index is 1380. The molecule has 1 aromatic carbocycles. The van der Waals surface area contributed by atoms with Crippen molar-refractivity contribution in [2.45, 2.75) is 20.1 Å². The lowest BCUT2D eigenvalue weighted by molar-refractivity contribution is 0.270. The number of fused-ring (bicyclic) bond motifs is 2. The van der Waals surface area contributed by atoms with Crippen molar-refractivity contribution in [1.29, 1.82) is 0 Å². The molecule has 0 bridgehead atoms. The maximum atomic E-state index is 13.3. The Morgan fingerprint density at radius 1 is 1.35 bits per heavy atom. The van der Waals surface area contributed by atoms with Gasteiger partial charge in [0, 0.05) is 49.0 Å². The summed E-state index contributed by atoms with van der Waals surface area (Å²) in [6, 6.07) is 3.67. The number of nitrogens with two attached hydrogens (primary N) is 1. The van der Waals surface area contributed by atoms with E-state index in [1.165, 1.54) is 4.57 Å². The zero-order valence-corrected chi connectivity index (χ0v) is 18.4. The molecule has 0 saturated carbocycles. The fourth-order valence-corrected chi connectivity index (χ4v) is 4.32. The molecular formula is C21H24ClN7O2. The number of hydrogen-bond donors (Lipinski definition) is 3. The van der Waals surface area contributed by atoms with Crippen LogP contribution in [0.15, 0.2) is 35.4 Å². The molecule has 4 aromatic rings. The van der Waals surface area contributed by atoms with Gasteiger partial charge in [-0.25, -0.2) is 0 Å². The second-order valence-electron chi connectivity index (χ2n) is 7.46. The summed E-state index contributed by atoms with van der Waals surface area (Å²) in [5, 5.41) is 15.9. The molecule has 0 radical (unpaired) electrons. The van der Waals surface area contributed by atoms with Crippen molar-refractivity contribution in [2.24, 2.45) is 12.8 Å². The number of hydrogen-bond acceptors (Lipinski definition) is 6. The quantitative estimate of drug-likeness (QED) is 0.422. The Kier molecular flexibility index (Phi) is 5.24. The van der Waals surface area contributed by atoms with Gasteiger partial charge in [-0.1, -0.05) is 24.2 Å². The first-order valence-corrected chi connectivity index (χ1v) is 10.2. The zero-order chi connectivity index (χ0) is 22.4. The van der Waals surface area contributed by atoms with Crippen LogP contribution >= 0.6 is 11.6 Å². The number of nitrogens with one attached hydrogen (secondary N) is 1. The molecular weight excluding hydrogens is 418 g/mol. The summed E-state index contributed by atoms with van der Waals surface area (Å²) < 4.78 is 3.20. The lowest BCUT2D eigenvalue weighted by Crippen LogP contribution is -2.31. The third-order valence-electron chi connectivity index (χ3n) is 5.36. The lowest BCUT2D eigenvalue weighted by atomic mass is 10.0. The van der Waals surface area contributed by atoms with Crippen LogP contribution in [0.1, 0.15) is 12.6 Å². The molecule has 31 heavy (non-hydrogen) atoms. The van der Waals surface area contributed by atoms with Gasteiger partial charge in [-0.15, -0.1) is 0 Å². The minimum atomic E-state index is -0.214. The molecule has 0 aliphatic rings. The van der Waals surface area contributed by atoms with Crippen molar-refractivity contribution >= 4 is 39.5 Å². The highest BCUT2D eigenvalue weighted by Gasteiger charge is 2.21. The smallest absolute Gasteiger partial charge is 0.264 e. The Hall–Kier alpha value is -3.30. The summed E-state index contributed by atoms with van der Waals surface area (Å²) in [4.78, 5) is 22.7. The molecule has 0 spiro atoms. The van der Waals surface area contributed by atoms with E-state index < -0.39 is 0 Å². The Morgan fingerprint density at radius 3 is 2.74 bits per heavy atom. The molecule has 0 fully saturated rings. The fraction of sp³-hybridized carbons (Fsp3) is 0.286. The predicted octanol–water partition coefficient (Wildman–Crippen LogP) is 2.35. The van der Waals surface area contributed by atoms with Crippen molar-refractivity contribution in [3.05, 3.63) is 51.7 Å². The number of halogens is 1. The summed E-state index contributed by atoms with van der Waals surface area (Å²) in [6.45, 7) is 6.45. The largest absolute Gasteiger partial charge is 0.401 e. The number of rotatable bonds is 6. The van der Waals surface area contributed by atoms with Gasteiger partial charge >= 0.3 is 0 Å². The number of aromatic nitrogens is 5. The van der Waals surface area contributed by atoms with E-state index in [9.17, 15) is 9.90 Å². The molecule has 0 atom stereocenters. The van der Waals surface area contributed by atoms with Crippen molar-refractivity contribution in [3.63, 3.8) is 0 Å². The van der Waals surface area contributed by atoms with Crippen LogP contribution in [-0.2, 0) is 20.2 Å². The van der Waals surface area contributed by atoms with E-state index in [0.717, 1.165) is 0 Å². The number of H-pyrrole nitrogens is 1. The highest BCUT2D eigenvalue weighted by atomic mass is 35.5. The van der Waals surface area contributed by atoms with Gasteiger partial charge in [0.25, 0.3) is 5.56 Å². The number of aliphatic hydroxyl groups is 1. The van der Waals surface area contributed by atoms with E-state index >= 15 is 0 Å². The summed E-state index contributed by atoms with van der Waals surface area (Å²) >= 11 is 6.78. The number of likely N-dealkylation sites (N-methyl/N-ethyl adjacent to an activating group) is 1. The average Bonchev–Trinajstić information content (AvgIpc) is 3.31. The third-order valence-corrected chi connectivity index (χ3v) is 5.75. The van der Waals surface area contributed by atoms with Crippen molar-refractivity contribution in [3.8, 4) is 11.1 Å². The molecule has 0 saturated heterocycles. The Labute approximate surface area is 183 Å². The molecule has 0 aliphatic carbocycles. The Morgan fingerprint density at radius 2 is 2.10 bits per heavy atom. The van der Waals surface area contributed by atoms with Gasteiger partial charge in [-0.2, -0.15) is 10.1 Å². The highest BCUT2D eigenvalue weighted by Crippen LogP contribution is 2.38. The molecule has 4 rings (SSSR count). The predicted molar refractivity (Wildman–Crippen MR) is 123 cm³/mol. The van der Waals surface area contributed by atoms with Gasteiger partial charge in [0.1, 0.15) is 5.65 Å².